The second-order valence-electron chi connectivity index (χ2n) is 4.64. The van der Waals surface area contributed by atoms with Gasteiger partial charge in [0.1, 0.15) is 5.82 Å². The lowest BCUT2D eigenvalue weighted by Crippen LogP contribution is -2.08. The van der Waals surface area contributed by atoms with Crippen molar-refractivity contribution in [3.05, 3.63) is 63.4 Å². The van der Waals surface area contributed by atoms with Crippen molar-refractivity contribution in [2.75, 3.05) is 12.4 Å². The van der Waals surface area contributed by atoms with E-state index >= 15 is 0 Å². The van der Waals surface area contributed by atoms with E-state index in [-0.39, 0.29) is 5.82 Å². The molecule has 2 aromatic carbocycles. The Bertz CT molecular complexity index is 673. The van der Waals surface area contributed by atoms with E-state index in [9.17, 15) is 9.18 Å². The fourth-order valence-corrected chi connectivity index (χ4v) is 2.18. The molecule has 0 fully saturated rings. The number of rotatable bonds is 4. The van der Waals surface area contributed by atoms with Gasteiger partial charge in [0.05, 0.1) is 17.1 Å². The minimum Gasteiger partial charge on any atom is -0.465 e. The van der Waals surface area contributed by atoms with Crippen LogP contribution in [-0.4, -0.2) is 13.1 Å². The predicted molar refractivity (Wildman–Crippen MR) is 83.9 cm³/mol. The summed E-state index contributed by atoms with van der Waals surface area (Å²) in [6.07, 6.45) is 0. The molecule has 0 amide bonds. The maximum Gasteiger partial charge on any atom is 0.339 e. The van der Waals surface area contributed by atoms with E-state index in [4.69, 9.17) is 4.74 Å². The molecule has 0 aliphatic rings. The molecule has 0 bridgehead atoms. The number of aryl methyl sites for hydroxylation is 1. The third-order valence-electron chi connectivity index (χ3n) is 3.05. The van der Waals surface area contributed by atoms with Gasteiger partial charge < -0.3 is 10.1 Å². The molecule has 0 unspecified atom stereocenters. The fraction of sp³-hybridized carbons (Fsp3) is 0.188. The van der Waals surface area contributed by atoms with Crippen molar-refractivity contribution in [3.8, 4) is 0 Å². The number of carbonyl (C=O) groups is 1. The lowest BCUT2D eigenvalue weighted by Gasteiger charge is -2.12. The molecule has 110 valence electrons. The fourth-order valence-electron chi connectivity index (χ4n) is 1.94. The molecule has 0 atom stereocenters. The smallest absolute Gasteiger partial charge is 0.339 e. The van der Waals surface area contributed by atoms with Gasteiger partial charge in [-0.25, -0.2) is 9.18 Å². The first-order valence-corrected chi connectivity index (χ1v) is 7.17. The van der Waals surface area contributed by atoms with Gasteiger partial charge in [0.15, 0.2) is 0 Å². The van der Waals surface area contributed by atoms with Crippen LogP contribution in [0.25, 0.3) is 0 Å². The highest BCUT2D eigenvalue weighted by molar-refractivity contribution is 9.10. The number of esters is 1. The monoisotopic (exact) mass is 351 g/mol. The molecule has 3 nitrogen and oxygen atoms in total. The first-order chi connectivity index (χ1) is 10.0. The van der Waals surface area contributed by atoms with Crippen LogP contribution >= 0.6 is 15.9 Å². The van der Waals surface area contributed by atoms with Gasteiger partial charge in [-0.1, -0.05) is 17.7 Å². The van der Waals surface area contributed by atoms with E-state index in [0.29, 0.717) is 22.3 Å². The zero-order chi connectivity index (χ0) is 15.4. The van der Waals surface area contributed by atoms with Gasteiger partial charge in [-0.3, -0.25) is 0 Å². The standard InChI is InChI=1S/C16H15BrFNO2/c1-10-3-6-15(12(7-10)16(20)21-2)19-9-11-4-5-13(17)14(18)8-11/h3-8,19H,9H2,1-2H3. The zero-order valence-corrected chi connectivity index (χ0v) is 13.3. The molecule has 0 saturated heterocycles. The number of carbonyl (C=O) groups excluding carboxylic acids is 1. The molecule has 0 heterocycles. The van der Waals surface area contributed by atoms with E-state index in [1.54, 1.807) is 12.1 Å². The van der Waals surface area contributed by atoms with Crippen LogP contribution in [0.1, 0.15) is 21.5 Å². The van der Waals surface area contributed by atoms with Crippen LogP contribution in [0.15, 0.2) is 40.9 Å². The summed E-state index contributed by atoms with van der Waals surface area (Å²) < 4.78 is 18.7. The molecule has 21 heavy (non-hydrogen) atoms. The van der Waals surface area contributed by atoms with Gasteiger partial charge in [0.2, 0.25) is 0 Å². The highest BCUT2D eigenvalue weighted by atomic mass is 79.9. The zero-order valence-electron chi connectivity index (χ0n) is 11.7. The number of halogens is 2. The number of ether oxygens (including phenoxy) is 1. The molecule has 0 aromatic heterocycles. The molecular formula is C16H15BrFNO2. The number of hydrogen-bond acceptors (Lipinski definition) is 3. The Morgan fingerprint density at radius 3 is 2.71 bits per heavy atom. The van der Waals surface area contributed by atoms with E-state index in [1.165, 1.54) is 13.2 Å². The summed E-state index contributed by atoms with van der Waals surface area (Å²) in [5.41, 5.74) is 2.88. The third-order valence-corrected chi connectivity index (χ3v) is 3.69. The number of methoxy groups -OCH3 is 1. The minimum absolute atomic E-state index is 0.314. The summed E-state index contributed by atoms with van der Waals surface area (Å²) in [5.74, 6) is -0.713. The molecule has 0 radical (unpaired) electrons. The van der Waals surface area contributed by atoms with Crippen molar-refractivity contribution >= 4 is 27.6 Å². The molecule has 1 N–H and O–H groups in total. The lowest BCUT2D eigenvalue weighted by molar-refractivity contribution is 0.0601. The lowest BCUT2D eigenvalue weighted by atomic mass is 10.1. The Hall–Kier alpha value is -1.88. The Kier molecular flexibility index (Phi) is 4.96. The number of anilines is 1. The van der Waals surface area contributed by atoms with Crippen molar-refractivity contribution in [2.24, 2.45) is 0 Å². The molecular weight excluding hydrogens is 337 g/mol. The van der Waals surface area contributed by atoms with Crippen molar-refractivity contribution < 1.29 is 13.9 Å². The number of hydrogen-bond donors (Lipinski definition) is 1. The van der Waals surface area contributed by atoms with Crippen LogP contribution < -0.4 is 5.32 Å². The van der Waals surface area contributed by atoms with Crippen molar-refractivity contribution in [2.45, 2.75) is 13.5 Å². The SMILES string of the molecule is COC(=O)c1cc(C)ccc1NCc1ccc(Br)c(F)c1. The third kappa shape index (κ3) is 3.82. The van der Waals surface area contributed by atoms with Crippen LogP contribution in [0.4, 0.5) is 10.1 Å². The van der Waals surface area contributed by atoms with Gasteiger partial charge in [0, 0.05) is 12.2 Å². The van der Waals surface area contributed by atoms with Gasteiger partial charge in [-0.2, -0.15) is 0 Å². The van der Waals surface area contributed by atoms with E-state index < -0.39 is 5.97 Å². The summed E-state index contributed by atoms with van der Waals surface area (Å²) in [5, 5.41) is 3.14. The maximum atomic E-state index is 13.5. The Morgan fingerprint density at radius 2 is 2.05 bits per heavy atom. The first kappa shape index (κ1) is 15.5. The van der Waals surface area contributed by atoms with E-state index in [0.717, 1.165) is 11.1 Å². The average Bonchev–Trinajstić information content (AvgIpc) is 2.48. The molecule has 0 aliphatic heterocycles. The highest BCUT2D eigenvalue weighted by Crippen LogP contribution is 2.21. The van der Waals surface area contributed by atoms with Gasteiger partial charge in [-0.05, 0) is 52.7 Å². The van der Waals surface area contributed by atoms with Crippen LogP contribution in [0, 0.1) is 12.7 Å². The van der Waals surface area contributed by atoms with E-state index in [2.05, 4.69) is 21.2 Å². The molecule has 0 aliphatic carbocycles. The van der Waals surface area contributed by atoms with Crippen LogP contribution in [0.5, 0.6) is 0 Å². The van der Waals surface area contributed by atoms with Crippen LogP contribution in [0.3, 0.4) is 0 Å². The second kappa shape index (κ2) is 6.72. The minimum atomic E-state index is -0.400. The number of benzene rings is 2. The largest absolute Gasteiger partial charge is 0.465 e. The highest BCUT2D eigenvalue weighted by Gasteiger charge is 2.12. The molecule has 0 saturated carbocycles. The van der Waals surface area contributed by atoms with Crippen molar-refractivity contribution in [1.82, 2.24) is 0 Å². The summed E-state index contributed by atoms with van der Waals surface area (Å²) in [6, 6.07) is 10.4. The van der Waals surface area contributed by atoms with Gasteiger partial charge in [0.25, 0.3) is 0 Å². The summed E-state index contributed by atoms with van der Waals surface area (Å²) in [6.45, 7) is 2.32. The number of nitrogens with one attached hydrogen (secondary N) is 1. The molecule has 2 aromatic rings. The Morgan fingerprint density at radius 1 is 1.29 bits per heavy atom. The predicted octanol–water partition coefficient (Wildman–Crippen LogP) is 4.30. The molecule has 2 rings (SSSR count). The van der Waals surface area contributed by atoms with Crippen LogP contribution in [-0.2, 0) is 11.3 Å². The van der Waals surface area contributed by atoms with Crippen LogP contribution in [0.2, 0.25) is 0 Å². The van der Waals surface area contributed by atoms with Crippen molar-refractivity contribution in [1.29, 1.82) is 0 Å². The normalized spacial score (nSPS) is 10.3. The molecule has 5 heteroatoms. The first-order valence-electron chi connectivity index (χ1n) is 6.38. The van der Waals surface area contributed by atoms with E-state index in [1.807, 2.05) is 25.1 Å². The second-order valence-corrected chi connectivity index (χ2v) is 5.50. The van der Waals surface area contributed by atoms with Gasteiger partial charge in [-0.15, -0.1) is 0 Å². The Labute approximate surface area is 131 Å². The Balaban J connectivity index is 2.19. The maximum absolute atomic E-state index is 13.5. The quantitative estimate of drug-likeness (QED) is 0.834. The summed E-state index contributed by atoms with van der Waals surface area (Å²) >= 11 is 3.12. The average molecular weight is 352 g/mol. The topological polar surface area (TPSA) is 38.3 Å². The van der Waals surface area contributed by atoms with Crippen molar-refractivity contribution in [3.63, 3.8) is 0 Å². The van der Waals surface area contributed by atoms with Gasteiger partial charge >= 0.3 is 5.97 Å². The summed E-state index contributed by atoms with van der Waals surface area (Å²) in [4.78, 5) is 11.8. The summed E-state index contributed by atoms with van der Waals surface area (Å²) in [7, 11) is 1.35. The molecule has 0 spiro atoms.